The first-order valence-corrected chi connectivity index (χ1v) is 5.81. The summed E-state index contributed by atoms with van der Waals surface area (Å²) < 4.78 is 5.03. The summed E-state index contributed by atoms with van der Waals surface area (Å²) in [6.45, 7) is 5.83. The lowest BCUT2D eigenvalue weighted by Crippen LogP contribution is -2.52. The molecule has 5 heteroatoms. The molecule has 1 unspecified atom stereocenters. The third kappa shape index (κ3) is 2.87. The molecule has 0 aromatic heterocycles. The second kappa shape index (κ2) is 5.00. The molecule has 2 N–H and O–H groups in total. The summed E-state index contributed by atoms with van der Waals surface area (Å²) >= 11 is 1.67. The number of carboxylic acid groups (broad SMARTS) is 1. The molecule has 0 amide bonds. The van der Waals surface area contributed by atoms with Gasteiger partial charge in [0.05, 0.1) is 18.5 Å². The van der Waals surface area contributed by atoms with Gasteiger partial charge >= 0.3 is 5.97 Å². The highest BCUT2D eigenvalue weighted by atomic mass is 32.2. The van der Waals surface area contributed by atoms with E-state index in [2.05, 4.69) is 5.32 Å². The maximum absolute atomic E-state index is 11.0. The van der Waals surface area contributed by atoms with Crippen molar-refractivity contribution >= 4 is 17.7 Å². The molecule has 0 spiro atoms. The number of hydrogen-bond acceptors (Lipinski definition) is 4. The molecule has 0 radical (unpaired) electrons. The second-order valence-corrected chi connectivity index (χ2v) is 4.93. The first-order valence-electron chi connectivity index (χ1n) is 4.76. The molecule has 1 rings (SSSR count). The van der Waals surface area contributed by atoms with Gasteiger partial charge in [-0.2, -0.15) is 11.8 Å². The number of hydrogen-bond donors (Lipinski definition) is 2. The van der Waals surface area contributed by atoms with Crippen LogP contribution in [-0.4, -0.2) is 47.4 Å². The van der Waals surface area contributed by atoms with Crippen molar-refractivity contribution < 1.29 is 14.6 Å². The Kier molecular flexibility index (Phi) is 4.22. The summed E-state index contributed by atoms with van der Waals surface area (Å²) in [5.41, 5.74) is -0.811. The normalized spacial score (nSPS) is 21.3. The maximum atomic E-state index is 11.0. The predicted octanol–water partition coefficient (Wildman–Crippen LogP) is 0.571. The van der Waals surface area contributed by atoms with E-state index in [-0.39, 0.29) is 0 Å². The maximum Gasteiger partial charge on any atom is 0.324 e. The standard InChI is InChI=1S/C9H17NO3S/c1-3-10-9(2,8(11)12)6-14-7-4-13-5-7/h7,10H,3-6H2,1-2H3,(H,11,12). The van der Waals surface area contributed by atoms with Crippen molar-refractivity contribution in [3.05, 3.63) is 0 Å². The van der Waals surface area contributed by atoms with Gasteiger partial charge in [-0.3, -0.25) is 4.79 Å². The number of ether oxygens (including phenoxy) is 1. The molecule has 1 aliphatic heterocycles. The van der Waals surface area contributed by atoms with Crippen molar-refractivity contribution in [3.8, 4) is 0 Å². The van der Waals surface area contributed by atoms with Gasteiger partial charge in [0.15, 0.2) is 0 Å². The Bertz CT molecular complexity index is 208. The summed E-state index contributed by atoms with van der Waals surface area (Å²) in [6, 6.07) is 0. The minimum absolute atomic E-state index is 0.479. The monoisotopic (exact) mass is 219 g/mol. The summed E-state index contributed by atoms with van der Waals surface area (Å²) in [7, 11) is 0. The van der Waals surface area contributed by atoms with Gasteiger partial charge in [-0.05, 0) is 13.5 Å². The molecule has 0 aromatic rings. The van der Waals surface area contributed by atoms with Crippen LogP contribution in [0.1, 0.15) is 13.8 Å². The molecule has 1 saturated heterocycles. The summed E-state index contributed by atoms with van der Waals surface area (Å²) in [5, 5.41) is 12.5. The molecular formula is C9H17NO3S. The van der Waals surface area contributed by atoms with E-state index < -0.39 is 11.5 Å². The Morgan fingerprint density at radius 2 is 2.36 bits per heavy atom. The fraction of sp³-hybridized carbons (Fsp3) is 0.889. The molecule has 0 bridgehead atoms. The number of carbonyl (C=O) groups is 1. The molecule has 0 aliphatic carbocycles. The Balaban J connectivity index is 2.37. The zero-order chi connectivity index (χ0) is 10.6. The van der Waals surface area contributed by atoms with Crippen molar-refractivity contribution in [1.82, 2.24) is 5.32 Å². The topological polar surface area (TPSA) is 58.6 Å². The number of rotatable bonds is 6. The van der Waals surface area contributed by atoms with E-state index in [1.807, 2.05) is 6.92 Å². The van der Waals surface area contributed by atoms with Crippen LogP contribution in [-0.2, 0) is 9.53 Å². The lowest BCUT2D eigenvalue weighted by atomic mass is 10.1. The highest BCUT2D eigenvalue weighted by molar-refractivity contribution is 8.00. The summed E-state index contributed by atoms with van der Waals surface area (Å²) in [5.74, 6) is -0.198. The van der Waals surface area contributed by atoms with E-state index in [1.54, 1.807) is 18.7 Å². The third-order valence-corrected chi connectivity index (χ3v) is 3.74. The van der Waals surface area contributed by atoms with Crippen molar-refractivity contribution in [2.45, 2.75) is 24.6 Å². The number of carboxylic acids is 1. The van der Waals surface area contributed by atoms with Crippen LogP contribution in [0.4, 0.5) is 0 Å². The fourth-order valence-corrected chi connectivity index (χ4v) is 2.35. The molecule has 14 heavy (non-hydrogen) atoms. The molecule has 1 fully saturated rings. The van der Waals surface area contributed by atoms with Crippen LogP contribution in [0.5, 0.6) is 0 Å². The molecule has 0 aromatic carbocycles. The Morgan fingerprint density at radius 3 is 2.71 bits per heavy atom. The number of aliphatic carboxylic acids is 1. The Morgan fingerprint density at radius 1 is 1.71 bits per heavy atom. The Hall–Kier alpha value is -0.260. The molecule has 4 nitrogen and oxygen atoms in total. The van der Waals surface area contributed by atoms with Gasteiger partial charge in [-0.1, -0.05) is 6.92 Å². The van der Waals surface area contributed by atoms with Gasteiger partial charge in [-0.15, -0.1) is 0 Å². The van der Waals surface area contributed by atoms with E-state index in [0.717, 1.165) is 13.2 Å². The SMILES string of the molecule is CCNC(C)(CSC1COC1)C(=O)O. The van der Waals surface area contributed by atoms with Gasteiger partial charge in [0.1, 0.15) is 5.54 Å². The van der Waals surface area contributed by atoms with Crippen LogP contribution in [0, 0.1) is 0 Å². The lowest BCUT2D eigenvalue weighted by Gasteiger charge is -2.30. The van der Waals surface area contributed by atoms with Crippen molar-refractivity contribution in [3.63, 3.8) is 0 Å². The van der Waals surface area contributed by atoms with Crippen LogP contribution in [0.2, 0.25) is 0 Å². The van der Waals surface area contributed by atoms with E-state index in [1.165, 1.54) is 0 Å². The molecule has 82 valence electrons. The van der Waals surface area contributed by atoms with Crippen molar-refractivity contribution in [2.24, 2.45) is 0 Å². The molecule has 1 heterocycles. The minimum atomic E-state index is -0.811. The second-order valence-electron chi connectivity index (χ2n) is 3.64. The zero-order valence-electron chi connectivity index (χ0n) is 8.58. The summed E-state index contributed by atoms with van der Waals surface area (Å²) in [4.78, 5) is 11.0. The Labute approximate surface area is 88.4 Å². The van der Waals surface area contributed by atoms with Crippen LogP contribution >= 0.6 is 11.8 Å². The third-order valence-electron chi connectivity index (χ3n) is 2.25. The predicted molar refractivity (Wildman–Crippen MR) is 56.8 cm³/mol. The first kappa shape index (κ1) is 11.8. The fourth-order valence-electron chi connectivity index (χ4n) is 1.17. The van der Waals surface area contributed by atoms with Crippen LogP contribution in [0.15, 0.2) is 0 Å². The average molecular weight is 219 g/mol. The van der Waals surface area contributed by atoms with E-state index in [9.17, 15) is 4.79 Å². The van der Waals surface area contributed by atoms with Gasteiger partial charge in [0.25, 0.3) is 0 Å². The lowest BCUT2D eigenvalue weighted by molar-refractivity contribution is -0.143. The smallest absolute Gasteiger partial charge is 0.324 e. The van der Waals surface area contributed by atoms with Crippen LogP contribution in [0.25, 0.3) is 0 Å². The number of likely N-dealkylation sites (N-methyl/N-ethyl adjacent to an activating group) is 1. The van der Waals surface area contributed by atoms with Gasteiger partial charge in [0.2, 0.25) is 0 Å². The highest BCUT2D eigenvalue weighted by Gasteiger charge is 2.34. The van der Waals surface area contributed by atoms with Crippen LogP contribution in [0.3, 0.4) is 0 Å². The van der Waals surface area contributed by atoms with Crippen molar-refractivity contribution in [2.75, 3.05) is 25.5 Å². The number of thioether (sulfide) groups is 1. The molecule has 0 saturated carbocycles. The zero-order valence-corrected chi connectivity index (χ0v) is 9.39. The largest absolute Gasteiger partial charge is 0.480 e. The molecule has 1 atom stereocenters. The molecular weight excluding hydrogens is 202 g/mol. The van der Waals surface area contributed by atoms with E-state index >= 15 is 0 Å². The first-order chi connectivity index (χ1) is 6.58. The van der Waals surface area contributed by atoms with E-state index in [0.29, 0.717) is 17.5 Å². The minimum Gasteiger partial charge on any atom is -0.480 e. The van der Waals surface area contributed by atoms with Crippen LogP contribution < -0.4 is 5.32 Å². The van der Waals surface area contributed by atoms with Gasteiger partial charge in [-0.25, -0.2) is 0 Å². The van der Waals surface area contributed by atoms with Gasteiger partial charge < -0.3 is 15.2 Å². The average Bonchev–Trinajstić information content (AvgIpc) is 2.01. The van der Waals surface area contributed by atoms with Gasteiger partial charge in [0, 0.05) is 5.75 Å². The quantitative estimate of drug-likeness (QED) is 0.684. The van der Waals surface area contributed by atoms with E-state index in [4.69, 9.17) is 9.84 Å². The number of nitrogens with one attached hydrogen (secondary N) is 1. The molecule has 1 aliphatic rings. The van der Waals surface area contributed by atoms with Crippen molar-refractivity contribution in [1.29, 1.82) is 0 Å². The summed E-state index contributed by atoms with van der Waals surface area (Å²) in [6.07, 6.45) is 0. The highest BCUT2D eigenvalue weighted by Crippen LogP contribution is 2.23.